The highest BCUT2D eigenvalue weighted by Crippen LogP contribution is 2.30. The number of thiazole rings is 1. The molecule has 1 heterocycles. The lowest BCUT2D eigenvalue weighted by molar-refractivity contribution is 0.308. The van der Waals surface area contributed by atoms with Crippen molar-refractivity contribution >= 4 is 11.3 Å². The van der Waals surface area contributed by atoms with E-state index in [-0.39, 0.29) is 0 Å². The first-order valence-corrected chi connectivity index (χ1v) is 8.06. The molecule has 1 aromatic carbocycles. The van der Waals surface area contributed by atoms with E-state index in [1.807, 2.05) is 6.07 Å². The Kier molecular flexibility index (Phi) is 5.71. The quantitative estimate of drug-likeness (QED) is 0.851. The largest absolute Gasteiger partial charge is 0.325 e. The smallest absolute Gasteiger partial charge is 0.0948 e. The summed E-state index contributed by atoms with van der Waals surface area (Å²) in [5.74, 6) is 0. The fourth-order valence-electron chi connectivity index (χ4n) is 2.25. The molecule has 0 bridgehead atoms. The molecule has 0 aliphatic carbocycles. The summed E-state index contributed by atoms with van der Waals surface area (Å²) in [6.07, 6.45) is 1.01. The van der Waals surface area contributed by atoms with Gasteiger partial charge in [0, 0.05) is 19.5 Å². The molecule has 0 atom stereocenters. The molecule has 4 heteroatoms. The van der Waals surface area contributed by atoms with Gasteiger partial charge in [0.1, 0.15) is 0 Å². The molecule has 1 aromatic heterocycles. The van der Waals surface area contributed by atoms with Gasteiger partial charge in [-0.3, -0.25) is 0 Å². The van der Waals surface area contributed by atoms with Crippen LogP contribution in [0.1, 0.15) is 24.5 Å². The minimum Gasteiger partial charge on any atom is -0.325 e. The molecule has 0 radical (unpaired) electrons. The van der Waals surface area contributed by atoms with E-state index in [1.54, 1.807) is 11.3 Å². The van der Waals surface area contributed by atoms with Crippen LogP contribution in [0.15, 0.2) is 30.3 Å². The van der Waals surface area contributed by atoms with E-state index in [9.17, 15) is 0 Å². The molecule has 0 amide bonds. The number of benzene rings is 1. The Bertz CT molecular complexity index is 518. The zero-order chi connectivity index (χ0) is 14.4. The average Bonchev–Trinajstić information content (AvgIpc) is 2.92. The Morgan fingerprint density at radius 2 is 1.85 bits per heavy atom. The molecule has 2 aromatic rings. The van der Waals surface area contributed by atoms with Crippen molar-refractivity contribution in [1.82, 2.24) is 9.88 Å². The molecule has 0 saturated carbocycles. The van der Waals surface area contributed by atoms with Crippen molar-refractivity contribution in [2.75, 3.05) is 19.6 Å². The summed E-state index contributed by atoms with van der Waals surface area (Å²) in [6.45, 7) is 8.16. The van der Waals surface area contributed by atoms with E-state index < -0.39 is 0 Å². The van der Waals surface area contributed by atoms with E-state index in [0.29, 0.717) is 6.54 Å². The Morgan fingerprint density at radius 1 is 1.15 bits per heavy atom. The monoisotopic (exact) mass is 289 g/mol. The molecular formula is C16H23N3S. The highest BCUT2D eigenvalue weighted by Gasteiger charge is 2.12. The lowest BCUT2D eigenvalue weighted by atomic mass is 10.1. The van der Waals surface area contributed by atoms with Crippen molar-refractivity contribution in [3.8, 4) is 10.4 Å². The lowest BCUT2D eigenvalue weighted by Gasteiger charge is -2.16. The first-order chi connectivity index (χ1) is 9.78. The van der Waals surface area contributed by atoms with Gasteiger partial charge in [0.2, 0.25) is 0 Å². The molecular weight excluding hydrogens is 266 g/mol. The SMILES string of the molecule is CCN(CC)CCc1nc(CN)c(-c2ccccc2)s1. The van der Waals surface area contributed by atoms with Gasteiger partial charge < -0.3 is 10.6 Å². The molecule has 0 spiro atoms. The fraction of sp³-hybridized carbons (Fsp3) is 0.438. The van der Waals surface area contributed by atoms with Crippen LogP contribution in [0.4, 0.5) is 0 Å². The third-order valence-electron chi connectivity index (χ3n) is 3.51. The van der Waals surface area contributed by atoms with Crippen LogP contribution in [0.25, 0.3) is 10.4 Å². The number of nitrogens with two attached hydrogens (primary N) is 1. The standard InChI is InChI=1S/C16H23N3S/c1-3-19(4-2)11-10-15-18-14(12-17)16(20-15)13-8-6-5-7-9-13/h5-9H,3-4,10-12,17H2,1-2H3. The maximum absolute atomic E-state index is 5.84. The molecule has 108 valence electrons. The summed E-state index contributed by atoms with van der Waals surface area (Å²) in [4.78, 5) is 8.36. The number of likely N-dealkylation sites (N-methyl/N-ethyl adjacent to an activating group) is 1. The van der Waals surface area contributed by atoms with E-state index in [1.165, 1.54) is 15.4 Å². The minimum absolute atomic E-state index is 0.506. The van der Waals surface area contributed by atoms with Crippen LogP contribution in [0.3, 0.4) is 0 Å². The van der Waals surface area contributed by atoms with Crippen molar-refractivity contribution in [2.45, 2.75) is 26.8 Å². The predicted molar refractivity (Wildman–Crippen MR) is 86.9 cm³/mol. The fourth-order valence-corrected chi connectivity index (χ4v) is 3.34. The summed E-state index contributed by atoms with van der Waals surface area (Å²) in [7, 11) is 0. The van der Waals surface area contributed by atoms with Crippen molar-refractivity contribution in [1.29, 1.82) is 0 Å². The summed E-state index contributed by atoms with van der Waals surface area (Å²) in [6, 6.07) is 10.4. The molecule has 2 rings (SSSR count). The summed E-state index contributed by atoms with van der Waals surface area (Å²) >= 11 is 1.78. The van der Waals surface area contributed by atoms with Gasteiger partial charge in [-0.1, -0.05) is 44.2 Å². The van der Waals surface area contributed by atoms with Gasteiger partial charge in [0.15, 0.2) is 0 Å². The van der Waals surface area contributed by atoms with Crippen molar-refractivity contribution in [3.63, 3.8) is 0 Å². The first kappa shape index (κ1) is 15.2. The second-order valence-electron chi connectivity index (χ2n) is 4.73. The van der Waals surface area contributed by atoms with Crippen LogP contribution in [-0.4, -0.2) is 29.5 Å². The summed E-state index contributed by atoms with van der Waals surface area (Å²) in [5.41, 5.74) is 8.09. The lowest BCUT2D eigenvalue weighted by Crippen LogP contribution is -2.25. The Balaban J connectivity index is 2.15. The maximum Gasteiger partial charge on any atom is 0.0948 e. The van der Waals surface area contributed by atoms with Gasteiger partial charge in [0.05, 0.1) is 15.6 Å². The average molecular weight is 289 g/mol. The number of aromatic nitrogens is 1. The minimum atomic E-state index is 0.506. The maximum atomic E-state index is 5.84. The third-order valence-corrected chi connectivity index (χ3v) is 4.71. The second kappa shape index (κ2) is 7.53. The van der Waals surface area contributed by atoms with E-state index >= 15 is 0 Å². The van der Waals surface area contributed by atoms with Gasteiger partial charge in [-0.15, -0.1) is 11.3 Å². The van der Waals surface area contributed by atoms with Gasteiger partial charge in [-0.2, -0.15) is 0 Å². The summed E-state index contributed by atoms with van der Waals surface area (Å²) < 4.78 is 0. The molecule has 3 nitrogen and oxygen atoms in total. The van der Waals surface area contributed by atoms with Crippen LogP contribution in [-0.2, 0) is 13.0 Å². The zero-order valence-corrected chi connectivity index (χ0v) is 13.1. The van der Waals surface area contributed by atoms with Gasteiger partial charge in [-0.25, -0.2) is 4.98 Å². The van der Waals surface area contributed by atoms with Crippen molar-refractivity contribution in [2.24, 2.45) is 5.73 Å². The molecule has 0 aliphatic rings. The van der Waals surface area contributed by atoms with E-state index in [2.05, 4.69) is 43.0 Å². The van der Waals surface area contributed by atoms with Crippen molar-refractivity contribution < 1.29 is 0 Å². The summed E-state index contributed by atoms with van der Waals surface area (Å²) in [5, 5.41) is 1.19. The predicted octanol–water partition coefficient (Wildman–Crippen LogP) is 3.15. The number of nitrogens with zero attached hydrogens (tertiary/aromatic N) is 2. The number of hydrogen-bond donors (Lipinski definition) is 1. The van der Waals surface area contributed by atoms with Crippen LogP contribution < -0.4 is 5.73 Å². The van der Waals surface area contributed by atoms with E-state index in [0.717, 1.165) is 31.7 Å². The van der Waals surface area contributed by atoms with Crippen LogP contribution in [0.5, 0.6) is 0 Å². The Labute approximate surface area is 125 Å². The zero-order valence-electron chi connectivity index (χ0n) is 12.3. The normalized spacial score (nSPS) is 11.2. The first-order valence-electron chi connectivity index (χ1n) is 7.24. The third kappa shape index (κ3) is 3.66. The van der Waals surface area contributed by atoms with Crippen LogP contribution in [0, 0.1) is 0 Å². The van der Waals surface area contributed by atoms with Gasteiger partial charge in [0.25, 0.3) is 0 Å². The molecule has 20 heavy (non-hydrogen) atoms. The number of hydrogen-bond acceptors (Lipinski definition) is 4. The highest BCUT2D eigenvalue weighted by molar-refractivity contribution is 7.15. The topological polar surface area (TPSA) is 42.2 Å². The Hall–Kier alpha value is -1.23. The van der Waals surface area contributed by atoms with Crippen LogP contribution >= 0.6 is 11.3 Å². The highest BCUT2D eigenvalue weighted by atomic mass is 32.1. The molecule has 0 aliphatic heterocycles. The van der Waals surface area contributed by atoms with Crippen molar-refractivity contribution in [3.05, 3.63) is 41.0 Å². The number of rotatable bonds is 7. The molecule has 2 N–H and O–H groups in total. The van der Waals surface area contributed by atoms with Gasteiger partial charge >= 0.3 is 0 Å². The van der Waals surface area contributed by atoms with Crippen LogP contribution in [0.2, 0.25) is 0 Å². The molecule has 0 unspecified atom stereocenters. The second-order valence-corrected chi connectivity index (χ2v) is 5.81. The van der Waals surface area contributed by atoms with E-state index in [4.69, 9.17) is 10.7 Å². The molecule has 0 saturated heterocycles. The molecule has 0 fully saturated rings. The van der Waals surface area contributed by atoms with Gasteiger partial charge in [-0.05, 0) is 18.7 Å². The Morgan fingerprint density at radius 3 is 2.45 bits per heavy atom.